The van der Waals surface area contributed by atoms with Crippen molar-refractivity contribution in [3.8, 4) is 5.75 Å². The Morgan fingerprint density at radius 3 is 2.42 bits per heavy atom. The van der Waals surface area contributed by atoms with Crippen LogP contribution < -0.4 is 15.4 Å². The first-order chi connectivity index (χ1) is 15.7. The molecule has 1 aliphatic heterocycles. The first-order valence-electron chi connectivity index (χ1n) is 10.9. The maximum absolute atomic E-state index is 12.8. The standard InChI is InChI=1S/C24H28F3N3O3/c1-17(15-30-12-3-2-4-13-30)28-23(32)18-8-10-21(11-9-18)33-16-22(31)29-20-7-5-6-19(14-20)24(25,26)27/h5-11,14,17H,2-4,12-13,15-16H2,1H3,(H,28,32)(H,29,31). The van der Waals surface area contributed by atoms with Crippen molar-refractivity contribution in [1.82, 2.24) is 10.2 Å². The van der Waals surface area contributed by atoms with Crippen LogP contribution in [0.15, 0.2) is 48.5 Å². The van der Waals surface area contributed by atoms with Crippen LogP contribution in [0.4, 0.5) is 18.9 Å². The molecule has 1 heterocycles. The lowest BCUT2D eigenvalue weighted by atomic mass is 10.1. The van der Waals surface area contributed by atoms with E-state index in [1.165, 1.54) is 31.4 Å². The summed E-state index contributed by atoms with van der Waals surface area (Å²) in [5.74, 6) is -0.414. The summed E-state index contributed by atoms with van der Waals surface area (Å²) in [4.78, 5) is 26.8. The van der Waals surface area contributed by atoms with Gasteiger partial charge < -0.3 is 20.3 Å². The minimum absolute atomic E-state index is 0.0195. The van der Waals surface area contributed by atoms with Gasteiger partial charge in [0, 0.05) is 23.8 Å². The third-order valence-electron chi connectivity index (χ3n) is 5.32. The quantitative estimate of drug-likeness (QED) is 0.612. The van der Waals surface area contributed by atoms with Gasteiger partial charge in [0.15, 0.2) is 6.61 Å². The van der Waals surface area contributed by atoms with E-state index in [0.717, 1.165) is 31.8 Å². The number of likely N-dealkylation sites (tertiary alicyclic amines) is 1. The van der Waals surface area contributed by atoms with E-state index in [2.05, 4.69) is 15.5 Å². The first kappa shape index (κ1) is 24.6. The minimum Gasteiger partial charge on any atom is -0.484 e. The van der Waals surface area contributed by atoms with E-state index in [1.54, 1.807) is 24.3 Å². The number of nitrogens with one attached hydrogen (secondary N) is 2. The molecule has 178 valence electrons. The average Bonchev–Trinajstić information content (AvgIpc) is 2.78. The lowest BCUT2D eigenvalue weighted by Gasteiger charge is -2.29. The topological polar surface area (TPSA) is 70.7 Å². The van der Waals surface area contributed by atoms with Gasteiger partial charge in [-0.15, -0.1) is 0 Å². The molecule has 9 heteroatoms. The maximum atomic E-state index is 12.8. The second-order valence-corrected chi connectivity index (χ2v) is 8.18. The monoisotopic (exact) mass is 463 g/mol. The Balaban J connectivity index is 1.45. The molecule has 1 aliphatic rings. The molecule has 33 heavy (non-hydrogen) atoms. The highest BCUT2D eigenvalue weighted by Crippen LogP contribution is 2.30. The smallest absolute Gasteiger partial charge is 0.416 e. The molecule has 1 atom stereocenters. The van der Waals surface area contributed by atoms with Crippen LogP contribution in [0.3, 0.4) is 0 Å². The summed E-state index contributed by atoms with van der Waals surface area (Å²) < 4.78 is 43.7. The highest BCUT2D eigenvalue weighted by molar-refractivity contribution is 5.94. The van der Waals surface area contributed by atoms with Gasteiger partial charge in [0.2, 0.25) is 0 Å². The third kappa shape index (κ3) is 7.78. The van der Waals surface area contributed by atoms with Gasteiger partial charge in [-0.25, -0.2) is 0 Å². The van der Waals surface area contributed by atoms with E-state index in [4.69, 9.17) is 4.74 Å². The van der Waals surface area contributed by atoms with Gasteiger partial charge in [0.25, 0.3) is 11.8 Å². The molecule has 1 saturated heterocycles. The maximum Gasteiger partial charge on any atom is 0.416 e. The number of piperidine rings is 1. The normalized spacial score (nSPS) is 15.5. The van der Waals surface area contributed by atoms with E-state index in [-0.39, 0.29) is 24.2 Å². The molecular weight excluding hydrogens is 435 g/mol. The van der Waals surface area contributed by atoms with Gasteiger partial charge >= 0.3 is 6.18 Å². The Labute approximate surface area is 191 Å². The van der Waals surface area contributed by atoms with Gasteiger partial charge in [-0.1, -0.05) is 12.5 Å². The summed E-state index contributed by atoms with van der Waals surface area (Å²) in [5, 5.41) is 5.37. The number of hydrogen-bond acceptors (Lipinski definition) is 4. The van der Waals surface area contributed by atoms with Gasteiger partial charge in [0.05, 0.1) is 5.56 Å². The van der Waals surface area contributed by atoms with E-state index in [1.807, 2.05) is 6.92 Å². The van der Waals surface area contributed by atoms with Crippen molar-refractivity contribution in [3.63, 3.8) is 0 Å². The molecule has 0 spiro atoms. The zero-order chi connectivity index (χ0) is 23.8. The highest BCUT2D eigenvalue weighted by Gasteiger charge is 2.30. The van der Waals surface area contributed by atoms with Crippen LogP contribution in [0.1, 0.15) is 42.1 Å². The molecule has 0 aliphatic carbocycles. The fourth-order valence-corrected chi connectivity index (χ4v) is 3.70. The van der Waals surface area contributed by atoms with Crippen LogP contribution in [0.2, 0.25) is 0 Å². The molecule has 2 amide bonds. The van der Waals surface area contributed by atoms with E-state index >= 15 is 0 Å². The van der Waals surface area contributed by atoms with Crippen LogP contribution in [-0.2, 0) is 11.0 Å². The van der Waals surface area contributed by atoms with Crippen molar-refractivity contribution in [2.24, 2.45) is 0 Å². The number of carbonyl (C=O) groups excluding carboxylic acids is 2. The Bertz CT molecular complexity index is 942. The average molecular weight is 464 g/mol. The number of ether oxygens (including phenoxy) is 1. The van der Waals surface area contributed by atoms with E-state index in [9.17, 15) is 22.8 Å². The van der Waals surface area contributed by atoms with Crippen LogP contribution in [0.5, 0.6) is 5.75 Å². The van der Waals surface area contributed by atoms with Crippen molar-refractivity contribution >= 4 is 17.5 Å². The minimum atomic E-state index is -4.49. The van der Waals surface area contributed by atoms with Crippen molar-refractivity contribution in [1.29, 1.82) is 0 Å². The van der Waals surface area contributed by atoms with Gasteiger partial charge in [-0.3, -0.25) is 9.59 Å². The molecule has 3 rings (SSSR count). The van der Waals surface area contributed by atoms with Crippen molar-refractivity contribution in [2.45, 2.75) is 38.4 Å². The molecule has 2 aromatic carbocycles. The summed E-state index contributed by atoms with van der Waals surface area (Å²) >= 11 is 0. The summed E-state index contributed by atoms with van der Waals surface area (Å²) in [6, 6.07) is 10.7. The highest BCUT2D eigenvalue weighted by atomic mass is 19.4. The molecule has 1 unspecified atom stereocenters. The summed E-state index contributed by atoms with van der Waals surface area (Å²) in [5.41, 5.74) is -0.342. The zero-order valence-electron chi connectivity index (χ0n) is 18.5. The van der Waals surface area contributed by atoms with Crippen molar-refractivity contribution in [2.75, 3.05) is 31.6 Å². The third-order valence-corrected chi connectivity index (χ3v) is 5.32. The van der Waals surface area contributed by atoms with Crippen LogP contribution in [-0.4, -0.2) is 49.0 Å². The number of amides is 2. The molecule has 2 aromatic rings. The van der Waals surface area contributed by atoms with Crippen LogP contribution >= 0.6 is 0 Å². The summed E-state index contributed by atoms with van der Waals surface area (Å²) in [6.45, 7) is 4.54. The van der Waals surface area contributed by atoms with Crippen molar-refractivity contribution < 1.29 is 27.5 Å². The number of halogens is 3. The number of benzene rings is 2. The molecule has 0 radical (unpaired) electrons. The zero-order valence-corrected chi connectivity index (χ0v) is 18.5. The number of anilines is 1. The lowest BCUT2D eigenvalue weighted by molar-refractivity contribution is -0.137. The first-order valence-corrected chi connectivity index (χ1v) is 10.9. The molecule has 0 bridgehead atoms. The molecule has 0 saturated carbocycles. The fourth-order valence-electron chi connectivity index (χ4n) is 3.70. The van der Waals surface area contributed by atoms with Crippen LogP contribution in [0, 0.1) is 0 Å². The second-order valence-electron chi connectivity index (χ2n) is 8.18. The Hall–Kier alpha value is -3.07. The van der Waals surface area contributed by atoms with Gasteiger partial charge in [-0.2, -0.15) is 13.2 Å². The predicted molar refractivity (Wildman–Crippen MR) is 119 cm³/mol. The predicted octanol–water partition coefficient (Wildman–Crippen LogP) is 4.33. The number of carbonyl (C=O) groups is 2. The van der Waals surface area contributed by atoms with Crippen LogP contribution in [0.25, 0.3) is 0 Å². The molecule has 6 nitrogen and oxygen atoms in total. The number of nitrogens with zero attached hydrogens (tertiary/aromatic N) is 1. The Morgan fingerprint density at radius 2 is 1.76 bits per heavy atom. The van der Waals surface area contributed by atoms with Gasteiger partial charge in [-0.05, 0) is 75.3 Å². The Kier molecular flexibility index (Phi) is 8.32. The number of alkyl halides is 3. The molecular formula is C24H28F3N3O3. The summed E-state index contributed by atoms with van der Waals surface area (Å²) in [6.07, 6.45) is -0.838. The number of hydrogen-bond donors (Lipinski definition) is 2. The summed E-state index contributed by atoms with van der Waals surface area (Å²) in [7, 11) is 0. The molecule has 1 fully saturated rings. The largest absolute Gasteiger partial charge is 0.484 e. The van der Waals surface area contributed by atoms with Crippen molar-refractivity contribution in [3.05, 3.63) is 59.7 Å². The number of rotatable bonds is 8. The molecule has 2 N–H and O–H groups in total. The van der Waals surface area contributed by atoms with E-state index < -0.39 is 17.6 Å². The SMILES string of the molecule is CC(CN1CCCCC1)NC(=O)c1ccc(OCC(=O)Nc2cccc(C(F)(F)F)c2)cc1. The fraction of sp³-hybridized carbons (Fsp3) is 0.417. The van der Waals surface area contributed by atoms with Gasteiger partial charge in [0.1, 0.15) is 5.75 Å². The second kappa shape index (κ2) is 11.2. The lowest BCUT2D eigenvalue weighted by Crippen LogP contribution is -2.43. The van der Waals surface area contributed by atoms with E-state index in [0.29, 0.717) is 11.3 Å². The molecule has 0 aromatic heterocycles. The Morgan fingerprint density at radius 1 is 1.06 bits per heavy atom.